The number of fused-ring (bicyclic) bond motifs is 1. The van der Waals surface area contributed by atoms with Gasteiger partial charge in [-0.25, -0.2) is 4.98 Å². The van der Waals surface area contributed by atoms with Crippen molar-refractivity contribution in [3.05, 3.63) is 39.9 Å². The van der Waals surface area contributed by atoms with Crippen LogP contribution in [0.5, 0.6) is 0 Å². The van der Waals surface area contributed by atoms with Crippen LogP contribution in [-0.2, 0) is 6.42 Å². The lowest BCUT2D eigenvalue weighted by molar-refractivity contribution is 0.509. The standard InChI is InChI=1S/C16H19ClN2S/c1-2-18-10-11-6-5-9-14-15(11)19-16(20-14)12-7-3-4-8-13(12)17/h3-4,7-8,11,18H,2,5-6,9-10H2,1H3. The first-order valence-corrected chi connectivity index (χ1v) is 8.44. The van der Waals surface area contributed by atoms with Gasteiger partial charge in [0.1, 0.15) is 5.01 Å². The summed E-state index contributed by atoms with van der Waals surface area (Å²) in [7, 11) is 0. The lowest BCUT2D eigenvalue weighted by Gasteiger charge is -2.21. The van der Waals surface area contributed by atoms with E-state index in [-0.39, 0.29) is 0 Å². The second-order valence-electron chi connectivity index (χ2n) is 5.20. The highest BCUT2D eigenvalue weighted by Crippen LogP contribution is 2.39. The summed E-state index contributed by atoms with van der Waals surface area (Å²) >= 11 is 8.11. The number of benzene rings is 1. The van der Waals surface area contributed by atoms with Gasteiger partial charge in [0.25, 0.3) is 0 Å². The number of nitrogens with one attached hydrogen (secondary N) is 1. The first-order chi connectivity index (χ1) is 9.79. The third-order valence-corrected chi connectivity index (χ3v) is 5.31. The highest BCUT2D eigenvalue weighted by atomic mass is 35.5. The number of nitrogens with zero attached hydrogens (tertiary/aromatic N) is 1. The van der Waals surface area contributed by atoms with Crippen LogP contribution in [0.15, 0.2) is 24.3 Å². The van der Waals surface area contributed by atoms with Gasteiger partial charge in [-0.05, 0) is 31.9 Å². The Kier molecular flexibility index (Phi) is 4.39. The minimum Gasteiger partial charge on any atom is -0.316 e. The van der Waals surface area contributed by atoms with E-state index in [9.17, 15) is 0 Å². The number of hydrogen-bond donors (Lipinski definition) is 1. The largest absolute Gasteiger partial charge is 0.316 e. The Bertz CT molecular complexity index is 594. The van der Waals surface area contributed by atoms with Gasteiger partial charge >= 0.3 is 0 Å². The predicted molar refractivity (Wildman–Crippen MR) is 86.8 cm³/mol. The van der Waals surface area contributed by atoms with Crippen LogP contribution in [0.3, 0.4) is 0 Å². The van der Waals surface area contributed by atoms with Crippen LogP contribution in [-0.4, -0.2) is 18.1 Å². The molecule has 0 fully saturated rings. The normalized spacial score (nSPS) is 18.0. The molecule has 0 radical (unpaired) electrons. The lowest BCUT2D eigenvalue weighted by Crippen LogP contribution is -2.23. The molecule has 0 saturated carbocycles. The van der Waals surface area contributed by atoms with Gasteiger partial charge in [-0.1, -0.05) is 36.7 Å². The van der Waals surface area contributed by atoms with Crippen molar-refractivity contribution in [1.29, 1.82) is 0 Å². The molecule has 1 aromatic heterocycles. The summed E-state index contributed by atoms with van der Waals surface area (Å²) in [5.74, 6) is 0.561. The van der Waals surface area contributed by atoms with Gasteiger partial charge in [-0.3, -0.25) is 0 Å². The molecular weight excluding hydrogens is 288 g/mol. The van der Waals surface area contributed by atoms with E-state index in [1.807, 2.05) is 29.5 Å². The van der Waals surface area contributed by atoms with Gasteiger partial charge in [-0.15, -0.1) is 11.3 Å². The zero-order valence-electron chi connectivity index (χ0n) is 11.7. The molecule has 2 nitrogen and oxygen atoms in total. The van der Waals surface area contributed by atoms with Crippen LogP contribution in [0, 0.1) is 0 Å². The first-order valence-electron chi connectivity index (χ1n) is 7.24. The van der Waals surface area contributed by atoms with Crippen molar-refractivity contribution in [3.8, 4) is 10.6 Å². The van der Waals surface area contributed by atoms with Gasteiger partial charge < -0.3 is 5.32 Å². The zero-order valence-corrected chi connectivity index (χ0v) is 13.2. The van der Waals surface area contributed by atoms with Crippen molar-refractivity contribution >= 4 is 22.9 Å². The molecule has 0 saturated heterocycles. The average Bonchev–Trinajstić information content (AvgIpc) is 2.89. The van der Waals surface area contributed by atoms with Crippen LogP contribution in [0.2, 0.25) is 5.02 Å². The van der Waals surface area contributed by atoms with E-state index in [1.165, 1.54) is 29.8 Å². The number of rotatable bonds is 4. The summed E-state index contributed by atoms with van der Waals surface area (Å²) in [4.78, 5) is 6.36. The van der Waals surface area contributed by atoms with Crippen LogP contribution in [0.1, 0.15) is 36.3 Å². The van der Waals surface area contributed by atoms with Crippen LogP contribution < -0.4 is 5.32 Å². The fourth-order valence-corrected chi connectivity index (χ4v) is 4.28. The Balaban J connectivity index is 1.93. The third kappa shape index (κ3) is 2.76. The molecule has 1 aliphatic rings. The Morgan fingerprint density at radius 1 is 1.40 bits per heavy atom. The quantitative estimate of drug-likeness (QED) is 0.900. The molecule has 1 heterocycles. The monoisotopic (exact) mass is 306 g/mol. The fourth-order valence-electron chi connectivity index (χ4n) is 2.77. The number of aromatic nitrogens is 1. The number of thiazole rings is 1. The van der Waals surface area contributed by atoms with E-state index < -0.39 is 0 Å². The van der Waals surface area contributed by atoms with Crippen molar-refractivity contribution in [2.24, 2.45) is 0 Å². The molecule has 2 aromatic rings. The Labute approximate surface area is 129 Å². The highest BCUT2D eigenvalue weighted by molar-refractivity contribution is 7.15. The maximum absolute atomic E-state index is 6.30. The van der Waals surface area contributed by atoms with Gasteiger partial charge in [0.2, 0.25) is 0 Å². The summed E-state index contributed by atoms with van der Waals surface area (Å²) < 4.78 is 0. The number of aryl methyl sites for hydroxylation is 1. The molecule has 106 valence electrons. The van der Waals surface area contributed by atoms with Gasteiger partial charge in [0.15, 0.2) is 0 Å². The van der Waals surface area contributed by atoms with Crippen LogP contribution >= 0.6 is 22.9 Å². The third-order valence-electron chi connectivity index (χ3n) is 3.82. The molecule has 0 spiro atoms. The molecule has 1 aromatic carbocycles. The SMILES string of the molecule is CCNCC1CCCc2sc(-c3ccccc3Cl)nc21. The smallest absolute Gasteiger partial charge is 0.125 e. The lowest BCUT2D eigenvalue weighted by atomic mass is 9.91. The van der Waals surface area contributed by atoms with Crippen LogP contribution in [0.25, 0.3) is 10.6 Å². The maximum Gasteiger partial charge on any atom is 0.125 e. The van der Waals surface area contributed by atoms with Crippen LogP contribution in [0.4, 0.5) is 0 Å². The minimum absolute atomic E-state index is 0.561. The average molecular weight is 307 g/mol. The summed E-state index contributed by atoms with van der Waals surface area (Å²) in [6.07, 6.45) is 3.68. The summed E-state index contributed by atoms with van der Waals surface area (Å²) in [5, 5.41) is 5.32. The molecule has 1 atom stereocenters. The van der Waals surface area contributed by atoms with Crippen molar-refractivity contribution in [2.45, 2.75) is 32.1 Å². The first kappa shape index (κ1) is 14.1. The molecule has 0 amide bonds. The van der Waals surface area contributed by atoms with Crippen molar-refractivity contribution in [1.82, 2.24) is 10.3 Å². The highest BCUT2D eigenvalue weighted by Gasteiger charge is 2.25. The molecule has 3 rings (SSSR count). The van der Waals surface area contributed by atoms with E-state index in [0.717, 1.165) is 28.7 Å². The summed E-state index contributed by atoms with van der Waals surface area (Å²) in [6.45, 7) is 4.21. The summed E-state index contributed by atoms with van der Waals surface area (Å²) in [6, 6.07) is 7.99. The fraction of sp³-hybridized carbons (Fsp3) is 0.438. The van der Waals surface area contributed by atoms with E-state index >= 15 is 0 Å². The zero-order chi connectivity index (χ0) is 13.9. The molecule has 0 bridgehead atoms. The topological polar surface area (TPSA) is 24.9 Å². The molecular formula is C16H19ClN2S. The van der Waals surface area contributed by atoms with E-state index in [2.05, 4.69) is 18.3 Å². The number of likely N-dealkylation sites (N-methyl/N-ethyl adjacent to an activating group) is 1. The molecule has 20 heavy (non-hydrogen) atoms. The number of hydrogen-bond acceptors (Lipinski definition) is 3. The molecule has 4 heteroatoms. The Morgan fingerprint density at radius 3 is 3.05 bits per heavy atom. The van der Waals surface area contributed by atoms with Crippen molar-refractivity contribution in [2.75, 3.05) is 13.1 Å². The van der Waals surface area contributed by atoms with Gasteiger partial charge in [0, 0.05) is 22.9 Å². The van der Waals surface area contributed by atoms with Gasteiger partial charge in [-0.2, -0.15) is 0 Å². The summed E-state index contributed by atoms with van der Waals surface area (Å²) in [5.41, 5.74) is 2.37. The van der Waals surface area contributed by atoms with Crippen molar-refractivity contribution < 1.29 is 0 Å². The second kappa shape index (κ2) is 6.25. The molecule has 0 aliphatic heterocycles. The second-order valence-corrected chi connectivity index (χ2v) is 6.69. The van der Waals surface area contributed by atoms with Crippen molar-refractivity contribution in [3.63, 3.8) is 0 Å². The van der Waals surface area contributed by atoms with E-state index in [1.54, 1.807) is 0 Å². The minimum atomic E-state index is 0.561. The molecule has 1 N–H and O–H groups in total. The Hall–Kier alpha value is -0.900. The molecule has 1 unspecified atom stereocenters. The van der Waals surface area contributed by atoms with E-state index in [4.69, 9.17) is 16.6 Å². The maximum atomic E-state index is 6.30. The van der Waals surface area contributed by atoms with Gasteiger partial charge in [0.05, 0.1) is 10.7 Å². The Morgan fingerprint density at radius 2 is 2.25 bits per heavy atom. The predicted octanol–water partition coefficient (Wildman–Crippen LogP) is 4.49. The number of halogens is 1. The molecule has 1 aliphatic carbocycles. The van der Waals surface area contributed by atoms with E-state index in [0.29, 0.717) is 5.92 Å².